The van der Waals surface area contributed by atoms with Crippen LogP contribution in [0.5, 0.6) is 0 Å². The van der Waals surface area contributed by atoms with Crippen LogP contribution >= 0.6 is 11.3 Å². The number of hydrogen-bond acceptors (Lipinski definition) is 4. The molecule has 0 unspecified atom stereocenters. The highest BCUT2D eigenvalue weighted by molar-refractivity contribution is 7.19. The minimum absolute atomic E-state index is 0.257. The Morgan fingerprint density at radius 3 is 2.47 bits per heavy atom. The number of ether oxygens (including phenoxy) is 1. The normalized spacial score (nSPS) is 13.2. The number of thiophene rings is 1. The third kappa shape index (κ3) is 3.41. The first-order valence-corrected chi connectivity index (χ1v) is 11.3. The van der Waals surface area contributed by atoms with Crippen molar-refractivity contribution in [3.63, 3.8) is 0 Å². The molecule has 5 rings (SSSR count). The van der Waals surface area contributed by atoms with E-state index in [0.717, 1.165) is 45.4 Å². The lowest BCUT2D eigenvalue weighted by atomic mass is 9.90. The molecule has 0 bridgehead atoms. The number of carbonyl (C=O) groups is 1. The lowest BCUT2D eigenvalue weighted by Crippen LogP contribution is -2.11. The molecule has 0 amide bonds. The number of rotatable bonds is 4. The Bertz CT molecular complexity index is 1210. The molecule has 4 aromatic rings. The second kappa shape index (κ2) is 8.04. The lowest BCUT2D eigenvalue weighted by molar-refractivity contribution is 0.0472. The van der Waals surface area contributed by atoms with Crippen LogP contribution in [-0.2, 0) is 24.2 Å². The van der Waals surface area contributed by atoms with E-state index < -0.39 is 0 Å². The molecule has 1 aliphatic carbocycles. The molecule has 2 aromatic heterocycles. The van der Waals surface area contributed by atoms with Crippen molar-refractivity contribution < 1.29 is 9.53 Å². The van der Waals surface area contributed by atoms with Crippen LogP contribution in [0.3, 0.4) is 0 Å². The number of nitrogens with zero attached hydrogens (tertiary/aromatic N) is 1. The quantitative estimate of drug-likeness (QED) is 0.358. The van der Waals surface area contributed by atoms with E-state index in [1.807, 2.05) is 55.5 Å². The minimum Gasteiger partial charge on any atom is -0.457 e. The number of benzene rings is 2. The van der Waals surface area contributed by atoms with Crippen molar-refractivity contribution in [1.29, 1.82) is 0 Å². The van der Waals surface area contributed by atoms with Crippen molar-refractivity contribution in [3.8, 4) is 11.1 Å². The zero-order chi connectivity index (χ0) is 20.5. The SMILES string of the molecule is Cc1nc2sc3c(c2c(-c2ccccc2)c1C(=O)OCc1ccccc1)CCCC3. The van der Waals surface area contributed by atoms with E-state index in [1.54, 1.807) is 11.3 Å². The van der Waals surface area contributed by atoms with Crippen molar-refractivity contribution >= 4 is 27.5 Å². The van der Waals surface area contributed by atoms with Crippen molar-refractivity contribution in [3.05, 3.63) is 87.9 Å². The number of carbonyl (C=O) groups excluding carboxylic acids is 1. The first-order chi connectivity index (χ1) is 14.7. The molecule has 0 saturated carbocycles. The van der Waals surface area contributed by atoms with E-state index in [2.05, 4.69) is 12.1 Å². The zero-order valence-corrected chi connectivity index (χ0v) is 17.8. The molecule has 0 spiro atoms. The fourth-order valence-corrected chi connectivity index (χ4v) is 5.66. The molecule has 0 N–H and O–H groups in total. The van der Waals surface area contributed by atoms with E-state index in [4.69, 9.17) is 9.72 Å². The highest BCUT2D eigenvalue weighted by Crippen LogP contribution is 2.43. The van der Waals surface area contributed by atoms with Gasteiger partial charge in [0.15, 0.2) is 0 Å². The van der Waals surface area contributed by atoms with E-state index in [-0.39, 0.29) is 12.6 Å². The molecular weight excluding hydrogens is 390 g/mol. The van der Waals surface area contributed by atoms with E-state index >= 15 is 0 Å². The molecule has 4 heteroatoms. The summed E-state index contributed by atoms with van der Waals surface area (Å²) < 4.78 is 5.75. The molecule has 0 saturated heterocycles. The summed E-state index contributed by atoms with van der Waals surface area (Å²) in [7, 11) is 0. The van der Waals surface area contributed by atoms with Gasteiger partial charge in [0.2, 0.25) is 0 Å². The van der Waals surface area contributed by atoms with Gasteiger partial charge in [-0.25, -0.2) is 9.78 Å². The summed E-state index contributed by atoms with van der Waals surface area (Å²) in [5.41, 5.74) is 5.71. The van der Waals surface area contributed by atoms with Gasteiger partial charge in [0, 0.05) is 15.8 Å². The number of fused-ring (bicyclic) bond motifs is 3. The van der Waals surface area contributed by atoms with Crippen LogP contribution in [-0.4, -0.2) is 11.0 Å². The monoisotopic (exact) mass is 413 g/mol. The first kappa shape index (κ1) is 19.0. The average Bonchev–Trinajstić information content (AvgIpc) is 3.15. The maximum absolute atomic E-state index is 13.3. The van der Waals surface area contributed by atoms with Crippen LogP contribution < -0.4 is 0 Å². The van der Waals surface area contributed by atoms with E-state index in [9.17, 15) is 4.79 Å². The van der Waals surface area contributed by atoms with Crippen molar-refractivity contribution in [1.82, 2.24) is 4.98 Å². The second-order valence-corrected chi connectivity index (χ2v) is 8.85. The largest absolute Gasteiger partial charge is 0.457 e. The zero-order valence-electron chi connectivity index (χ0n) is 17.0. The Kier molecular flexibility index (Phi) is 5.09. The lowest BCUT2D eigenvalue weighted by Gasteiger charge is -2.16. The Labute approximate surface area is 180 Å². The molecule has 0 atom stereocenters. The Hall–Kier alpha value is -2.98. The van der Waals surface area contributed by atoms with E-state index in [0.29, 0.717) is 5.56 Å². The topological polar surface area (TPSA) is 39.2 Å². The van der Waals surface area contributed by atoms with Crippen LogP contribution in [0.4, 0.5) is 0 Å². The van der Waals surface area contributed by atoms with Crippen molar-refractivity contribution in [2.24, 2.45) is 0 Å². The highest BCUT2D eigenvalue weighted by Gasteiger charge is 2.27. The molecule has 2 heterocycles. The van der Waals surface area contributed by atoms with Gasteiger partial charge < -0.3 is 4.74 Å². The Balaban J connectivity index is 1.67. The maximum atomic E-state index is 13.3. The van der Waals surface area contributed by atoms with Gasteiger partial charge in [0.25, 0.3) is 0 Å². The highest BCUT2D eigenvalue weighted by atomic mass is 32.1. The minimum atomic E-state index is -0.305. The predicted molar refractivity (Wildman–Crippen MR) is 122 cm³/mol. The standard InChI is InChI=1S/C26H23NO2S/c1-17-22(26(28)29-16-18-10-4-2-5-11-18)23(19-12-6-3-7-13-19)24-20-14-8-9-15-21(20)30-25(24)27-17/h2-7,10-13H,8-9,14-16H2,1H3. The van der Waals surface area contributed by atoms with Gasteiger partial charge in [-0.05, 0) is 49.3 Å². The fraction of sp³-hybridized carbons (Fsp3) is 0.231. The van der Waals surface area contributed by atoms with Crippen molar-refractivity contribution in [2.75, 3.05) is 0 Å². The number of hydrogen-bond donors (Lipinski definition) is 0. The summed E-state index contributed by atoms with van der Waals surface area (Å²) in [4.78, 5) is 20.6. The fourth-order valence-electron chi connectivity index (χ4n) is 4.34. The summed E-state index contributed by atoms with van der Waals surface area (Å²) in [5, 5.41) is 1.15. The number of aromatic nitrogens is 1. The van der Waals surface area contributed by atoms with Gasteiger partial charge in [0.1, 0.15) is 11.4 Å². The van der Waals surface area contributed by atoms with E-state index in [1.165, 1.54) is 23.3 Å². The van der Waals surface area contributed by atoms with Crippen LogP contribution in [0.2, 0.25) is 0 Å². The van der Waals surface area contributed by atoms with Gasteiger partial charge >= 0.3 is 5.97 Å². The van der Waals surface area contributed by atoms with Gasteiger partial charge in [-0.1, -0.05) is 60.7 Å². The summed E-state index contributed by atoms with van der Waals surface area (Å²) in [6.07, 6.45) is 4.58. The summed E-state index contributed by atoms with van der Waals surface area (Å²) >= 11 is 1.79. The van der Waals surface area contributed by atoms with Gasteiger partial charge in [-0.3, -0.25) is 0 Å². The molecule has 1 aliphatic rings. The van der Waals surface area contributed by atoms with Crippen molar-refractivity contribution in [2.45, 2.75) is 39.2 Å². The summed E-state index contributed by atoms with van der Waals surface area (Å²) in [6, 6.07) is 20.0. The van der Waals surface area contributed by atoms with Crippen LogP contribution in [0.15, 0.2) is 60.7 Å². The average molecular weight is 414 g/mol. The number of aryl methyl sites for hydroxylation is 3. The Morgan fingerprint density at radius 2 is 1.70 bits per heavy atom. The second-order valence-electron chi connectivity index (χ2n) is 7.77. The number of pyridine rings is 1. The smallest absolute Gasteiger partial charge is 0.340 e. The molecule has 30 heavy (non-hydrogen) atoms. The molecule has 3 nitrogen and oxygen atoms in total. The van der Waals surface area contributed by atoms with Gasteiger partial charge in [0.05, 0.1) is 11.3 Å². The van der Waals surface area contributed by atoms with Gasteiger partial charge in [-0.2, -0.15) is 0 Å². The van der Waals surface area contributed by atoms with Gasteiger partial charge in [-0.15, -0.1) is 11.3 Å². The third-order valence-electron chi connectivity index (χ3n) is 5.76. The first-order valence-electron chi connectivity index (χ1n) is 10.4. The summed E-state index contributed by atoms with van der Waals surface area (Å²) in [5.74, 6) is -0.305. The molecular formula is C26H23NO2S. The van der Waals surface area contributed by atoms with Crippen LogP contribution in [0, 0.1) is 6.92 Å². The molecule has 0 fully saturated rings. The third-order valence-corrected chi connectivity index (χ3v) is 6.95. The molecule has 2 aromatic carbocycles. The summed E-state index contributed by atoms with van der Waals surface area (Å²) in [6.45, 7) is 2.18. The Morgan fingerprint density at radius 1 is 1.00 bits per heavy atom. The predicted octanol–water partition coefficient (Wildman–Crippen LogP) is 6.51. The van der Waals surface area contributed by atoms with Crippen LogP contribution in [0.25, 0.3) is 21.3 Å². The number of esters is 1. The maximum Gasteiger partial charge on any atom is 0.340 e. The molecule has 0 radical (unpaired) electrons. The molecule has 150 valence electrons. The van der Waals surface area contributed by atoms with Crippen LogP contribution in [0.1, 0.15) is 44.9 Å². The molecule has 0 aliphatic heterocycles.